The molecule has 7 nitrogen and oxygen atoms in total. The second-order valence-electron chi connectivity index (χ2n) is 6.60. The van der Waals surface area contributed by atoms with Gasteiger partial charge in [-0.25, -0.2) is 9.67 Å². The number of aryl methyl sites for hydroxylation is 1. The van der Waals surface area contributed by atoms with Gasteiger partial charge in [0.25, 0.3) is 5.91 Å². The minimum atomic E-state index is -0.509. The van der Waals surface area contributed by atoms with Gasteiger partial charge in [0.1, 0.15) is 6.54 Å². The fourth-order valence-corrected chi connectivity index (χ4v) is 2.78. The van der Waals surface area contributed by atoms with Gasteiger partial charge in [-0.05, 0) is 26.8 Å². The van der Waals surface area contributed by atoms with Crippen molar-refractivity contribution in [2.24, 2.45) is 0 Å². The van der Waals surface area contributed by atoms with Crippen LogP contribution < -0.4 is 5.32 Å². The lowest BCUT2D eigenvalue weighted by Gasteiger charge is -2.11. The Bertz CT molecular complexity index is 990. The number of rotatable bonds is 5. The van der Waals surface area contributed by atoms with E-state index in [4.69, 9.17) is 4.98 Å². The molecule has 7 heteroatoms. The number of nitrogens with one attached hydrogen (secondary N) is 1. The smallest absolute Gasteiger partial charge is 0.325 e. The molecule has 0 unspecified atom stereocenters. The van der Waals surface area contributed by atoms with Crippen molar-refractivity contribution in [3.63, 3.8) is 0 Å². The van der Waals surface area contributed by atoms with Crippen molar-refractivity contribution in [1.82, 2.24) is 20.1 Å². The van der Waals surface area contributed by atoms with Gasteiger partial charge in [-0.1, -0.05) is 29.8 Å². The van der Waals surface area contributed by atoms with E-state index in [1.807, 2.05) is 45.0 Å². The molecule has 0 aliphatic carbocycles. The fraction of sp³-hybridized carbons (Fsp3) is 0.300. The Morgan fingerprint density at radius 3 is 2.56 bits per heavy atom. The van der Waals surface area contributed by atoms with E-state index in [2.05, 4.69) is 15.2 Å². The van der Waals surface area contributed by atoms with Crippen molar-refractivity contribution in [3.05, 3.63) is 47.7 Å². The average Bonchev–Trinajstić information content (AvgIpc) is 3.09. The van der Waals surface area contributed by atoms with E-state index >= 15 is 0 Å². The van der Waals surface area contributed by atoms with Crippen LogP contribution in [0.4, 0.5) is 0 Å². The van der Waals surface area contributed by atoms with Crippen LogP contribution in [0.5, 0.6) is 0 Å². The number of pyridine rings is 1. The van der Waals surface area contributed by atoms with Crippen LogP contribution in [-0.4, -0.2) is 40.3 Å². The Morgan fingerprint density at radius 1 is 1.22 bits per heavy atom. The number of hydrogen-bond acceptors (Lipinski definition) is 5. The summed E-state index contributed by atoms with van der Waals surface area (Å²) in [6.07, 6.45) is 1.63. The molecule has 3 rings (SSSR count). The van der Waals surface area contributed by atoms with E-state index < -0.39 is 5.97 Å². The second-order valence-corrected chi connectivity index (χ2v) is 6.60. The molecule has 1 amide bonds. The van der Waals surface area contributed by atoms with Gasteiger partial charge in [0.2, 0.25) is 0 Å². The Morgan fingerprint density at radius 2 is 1.93 bits per heavy atom. The number of amides is 1. The van der Waals surface area contributed by atoms with E-state index in [-0.39, 0.29) is 18.5 Å². The highest BCUT2D eigenvalue weighted by molar-refractivity contribution is 6.07. The van der Waals surface area contributed by atoms with Gasteiger partial charge in [0.15, 0.2) is 5.65 Å². The summed E-state index contributed by atoms with van der Waals surface area (Å²) >= 11 is 0. The summed E-state index contributed by atoms with van der Waals surface area (Å²) in [5.41, 5.74) is 3.77. The van der Waals surface area contributed by atoms with E-state index in [1.54, 1.807) is 16.9 Å². The first-order chi connectivity index (χ1) is 12.9. The topological polar surface area (TPSA) is 86.1 Å². The SMILES string of the molecule is COC(=O)CNC(=O)c1cc(-c2ccc(C)cc2)nc2c1cnn2C(C)C. The third-order valence-electron chi connectivity index (χ3n) is 4.27. The molecule has 0 fully saturated rings. The van der Waals surface area contributed by atoms with Crippen molar-refractivity contribution in [2.45, 2.75) is 26.8 Å². The molecule has 0 radical (unpaired) electrons. The number of esters is 1. The monoisotopic (exact) mass is 366 g/mol. The summed E-state index contributed by atoms with van der Waals surface area (Å²) in [6, 6.07) is 9.75. The molecule has 3 aromatic rings. The molecule has 0 spiro atoms. The lowest BCUT2D eigenvalue weighted by Crippen LogP contribution is -2.30. The summed E-state index contributed by atoms with van der Waals surface area (Å²) < 4.78 is 6.36. The highest BCUT2D eigenvalue weighted by Gasteiger charge is 2.19. The molecule has 0 saturated carbocycles. The Balaban J connectivity index is 2.11. The second kappa shape index (κ2) is 7.57. The molecule has 0 saturated heterocycles. The normalized spacial score (nSPS) is 11.0. The summed E-state index contributed by atoms with van der Waals surface area (Å²) in [6.45, 7) is 5.82. The summed E-state index contributed by atoms with van der Waals surface area (Å²) in [4.78, 5) is 28.8. The minimum Gasteiger partial charge on any atom is -0.468 e. The number of carbonyl (C=O) groups excluding carboxylic acids is 2. The third-order valence-corrected chi connectivity index (χ3v) is 4.27. The molecule has 140 valence electrons. The summed E-state index contributed by atoms with van der Waals surface area (Å²) in [5, 5.41) is 7.61. The summed E-state index contributed by atoms with van der Waals surface area (Å²) in [5.74, 6) is -0.880. The van der Waals surface area contributed by atoms with Crippen LogP contribution in [-0.2, 0) is 9.53 Å². The van der Waals surface area contributed by atoms with Crippen LogP contribution in [0.25, 0.3) is 22.3 Å². The van der Waals surface area contributed by atoms with Crippen molar-refractivity contribution >= 4 is 22.9 Å². The van der Waals surface area contributed by atoms with Crippen LogP contribution in [0, 0.1) is 6.92 Å². The highest BCUT2D eigenvalue weighted by Crippen LogP contribution is 2.26. The van der Waals surface area contributed by atoms with Gasteiger partial charge in [-0.3, -0.25) is 9.59 Å². The maximum atomic E-state index is 12.7. The summed E-state index contributed by atoms with van der Waals surface area (Å²) in [7, 11) is 1.28. The van der Waals surface area contributed by atoms with Gasteiger partial charge in [0, 0.05) is 11.6 Å². The zero-order valence-corrected chi connectivity index (χ0v) is 15.8. The molecule has 2 aromatic heterocycles. The maximum Gasteiger partial charge on any atom is 0.325 e. The van der Waals surface area contributed by atoms with Crippen LogP contribution in [0.3, 0.4) is 0 Å². The van der Waals surface area contributed by atoms with Gasteiger partial charge >= 0.3 is 5.97 Å². The van der Waals surface area contributed by atoms with Gasteiger partial charge in [-0.15, -0.1) is 0 Å². The Hall–Kier alpha value is -3.22. The lowest BCUT2D eigenvalue weighted by atomic mass is 10.1. The third kappa shape index (κ3) is 3.81. The van der Waals surface area contributed by atoms with Crippen LogP contribution >= 0.6 is 0 Å². The van der Waals surface area contributed by atoms with Crippen molar-refractivity contribution in [3.8, 4) is 11.3 Å². The van der Waals surface area contributed by atoms with Gasteiger partial charge in [-0.2, -0.15) is 5.10 Å². The highest BCUT2D eigenvalue weighted by atomic mass is 16.5. The van der Waals surface area contributed by atoms with E-state index in [0.717, 1.165) is 11.1 Å². The molecule has 2 heterocycles. The molecule has 0 bridgehead atoms. The average molecular weight is 366 g/mol. The number of carbonyl (C=O) groups is 2. The van der Waals surface area contributed by atoms with E-state index in [0.29, 0.717) is 22.3 Å². The fourth-order valence-electron chi connectivity index (χ4n) is 2.78. The number of fused-ring (bicyclic) bond motifs is 1. The van der Waals surface area contributed by atoms with Crippen molar-refractivity contribution in [1.29, 1.82) is 0 Å². The Labute approximate surface area is 157 Å². The minimum absolute atomic E-state index is 0.0919. The first kappa shape index (κ1) is 18.6. The van der Waals surface area contributed by atoms with Crippen LogP contribution in [0.2, 0.25) is 0 Å². The molecule has 0 aliphatic rings. The number of benzene rings is 1. The molecular weight excluding hydrogens is 344 g/mol. The van der Waals surface area contributed by atoms with Crippen LogP contribution in [0.1, 0.15) is 35.8 Å². The van der Waals surface area contributed by atoms with Crippen molar-refractivity contribution in [2.75, 3.05) is 13.7 Å². The first-order valence-electron chi connectivity index (χ1n) is 8.71. The van der Waals surface area contributed by atoms with Crippen molar-refractivity contribution < 1.29 is 14.3 Å². The maximum absolute atomic E-state index is 12.7. The first-order valence-corrected chi connectivity index (χ1v) is 8.71. The zero-order chi connectivity index (χ0) is 19.6. The zero-order valence-electron chi connectivity index (χ0n) is 15.8. The largest absolute Gasteiger partial charge is 0.468 e. The number of hydrogen-bond donors (Lipinski definition) is 1. The van der Waals surface area contributed by atoms with E-state index in [1.165, 1.54) is 7.11 Å². The molecule has 1 N–H and O–H groups in total. The predicted octanol–water partition coefficient (Wildman–Crippen LogP) is 2.89. The number of nitrogens with zero attached hydrogens (tertiary/aromatic N) is 3. The lowest BCUT2D eigenvalue weighted by molar-refractivity contribution is -0.139. The standard InChI is InChI=1S/C20H22N4O3/c1-12(2)24-19-16(10-22-24)15(20(26)21-11-18(25)27-4)9-17(23-19)14-7-5-13(3)6-8-14/h5-10,12H,11H2,1-4H3,(H,21,26). The quantitative estimate of drug-likeness (QED) is 0.702. The predicted molar refractivity (Wildman–Crippen MR) is 102 cm³/mol. The number of methoxy groups -OCH3 is 1. The van der Waals surface area contributed by atoms with Crippen LogP contribution in [0.15, 0.2) is 36.5 Å². The van der Waals surface area contributed by atoms with Gasteiger partial charge < -0.3 is 10.1 Å². The molecule has 1 aromatic carbocycles. The molecule has 0 aliphatic heterocycles. The Kier molecular flexibility index (Phi) is 5.21. The number of ether oxygens (including phenoxy) is 1. The van der Waals surface area contributed by atoms with Gasteiger partial charge in [0.05, 0.1) is 30.0 Å². The van der Waals surface area contributed by atoms with E-state index in [9.17, 15) is 9.59 Å². The molecular formula is C20H22N4O3. The number of aromatic nitrogens is 3. The molecule has 27 heavy (non-hydrogen) atoms. The molecule has 0 atom stereocenters.